The predicted octanol–water partition coefficient (Wildman–Crippen LogP) is 5.88. The van der Waals surface area contributed by atoms with Crippen LogP contribution in [0, 0.1) is 35.5 Å². The number of hydrogen-bond acceptors (Lipinski definition) is 3. The molecule has 0 N–H and O–H groups in total. The van der Waals surface area contributed by atoms with Gasteiger partial charge in [0.05, 0.1) is 18.1 Å². The van der Waals surface area contributed by atoms with Crippen LogP contribution in [0.2, 0.25) is 0 Å². The van der Waals surface area contributed by atoms with Crippen molar-refractivity contribution < 1.29 is 9.13 Å². The first-order chi connectivity index (χ1) is 14.5. The number of aryl methyl sites for hydroxylation is 1. The van der Waals surface area contributed by atoms with Crippen molar-refractivity contribution in [1.82, 2.24) is 9.55 Å². The van der Waals surface area contributed by atoms with Crippen LogP contribution in [-0.2, 0) is 16.9 Å². The van der Waals surface area contributed by atoms with Gasteiger partial charge >= 0.3 is 0 Å². The quantitative estimate of drug-likeness (QED) is 0.565. The monoisotopic (exact) mass is 409 g/mol. The molecule has 3 fully saturated rings. The maximum absolute atomic E-state index is 13.5. The Morgan fingerprint density at radius 2 is 1.87 bits per heavy atom. The van der Waals surface area contributed by atoms with E-state index in [1.165, 1.54) is 31.4 Å². The van der Waals surface area contributed by atoms with Crippen LogP contribution in [0.3, 0.4) is 0 Å². The molecule has 0 unspecified atom stereocenters. The van der Waals surface area contributed by atoms with Gasteiger partial charge in [-0.3, -0.25) is 0 Å². The van der Waals surface area contributed by atoms with Gasteiger partial charge in [0.2, 0.25) is 0 Å². The number of rotatable bonds is 7. The van der Waals surface area contributed by atoms with Gasteiger partial charge in [-0.25, -0.2) is 9.37 Å². The highest BCUT2D eigenvalue weighted by molar-refractivity contribution is 5.33. The van der Waals surface area contributed by atoms with Crippen LogP contribution < -0.4 is 0 Å². The number of hydrogen-bond donors (Lipinski definition) is 0. The first-order valence-corrected chi connectivity index (χ1v) is 11.7. The van der Waals surface area contributed by atoms with Crippen LogP contribution in [0.4, 0.5) is 4.39 Å². The van der Waals surface area contributed by atoms with Gasteiger partial charge in [0.1, 0.15) is 17.3 Å². The first kappa shape index (κ1) is 20.0. The minimum atomic E-state index is -0.493. The Hall–Kier alpha value is -1.93. The second-order valence-corrected chi connectivity index (χ2v) is 10.0. The smallest absolute Gasteiger partial charge is 0.141 e. The molecule has 0 saturated heterocycles. The lowest BCUT2D eigenvalue weighted by atomic mass is 9.64. The van der Waals surface area contributed by atoms with Crippen LogP contribution in [0.1, 0.15) is 75.7 Å². The average molecular weight is 410 g/mol. The van der Waals surface area contributed by atoms with Gasteiger partial charge in [-0.05, 0) is 88.2 Å². The van der Waals surface area contributed by atoms with E-state index in [1.807, 2.05) is 12.3 Å². The zero-order valence-electron chi connectivity index (χ0n) is 18.0. The molecular formula is C25H32FN3O. The Morgan fingerprint density at radius 3 is 2.47 bits per heavy atom. The Balaban J connectivity index is 1.43. The van der Waals surface area contributed by atoms with Gasteiger partial charge in [-0.2, -0.15) is 5.26 Å². The normalized spacial score (nSPS) is 31.8. The highest BCUT2D eigenvalue weighted by Gasteiger charge is 2.49. The Bertz CT molecular complexity index is 905. The zero-order chi connectivity index (χ0) is 20.8. The molecule has 3 saturated carbocycles. The summed E-state index contributed by atoms with van der Waals surface area (Å²) < 4.78 is 22.6. The van der Waals surface area contributed by atoms with Crippen molar-refractivity contribution in [2.24, 2.45) is 17.3 Å². The van der Waals surface area contributed by atoms with E-state index in [-0.39, 0.29) is 5.83 Å². The molecule has 30 heavy (non-hydrogen) atoms. The number of imidazole rings is 1. The summed E-state index contributed by atoms with van der Waals surface area (Å²) in [6, 6.07) is 2.63. The average Bonchev–Trinajstić information content (AvgIpc) is 3.68. The number of aromatic nitrogens is 2. The fraction of sp³-hybridized carbons (Fsp3) is 0.680. The van der Waals surface area contributed by atoms with Gasteiger partial charge < -0.3 is 9.30 Å². The van der Waals surface area contributed by atoms with Crippen LogP contribution in [-0.4, -0.2) is 16.2 Å². The van der Waals surface area contributed by atoms with Crippen molar-refractivity contribution in [3.8, 4) is 6.07 Å². The fourth-order valence-electron chi connectivity index (χ4n) is 5.20. The first-order valence-electron chi connectivity index (χ1n) is 11.7. The maximum Gasteiger partial charge on any atom is 0.141 e. The van der Waals surface area contributed by atoms with Crippen molar-refractivity contribution in [3.05, 3.63) is 41.3 Å². The fourth-order valence-corrected chi connectivity index (χ4v) is 5.20. The van der Waals surface area contributed by atoms with Gasteiger partial charge in [0.15, 0.2) is 0 Å². The molecule has 160 valence electrons. The minimum absolute atomic E-state index is 0.0812. The Morgan fingerprint density at radius 1 is 1.13 bits per heavy atom. The third-order valence-corrected chi connectivity index (χ3v) is 7.73. The van der Waals surface area contributed by atoms with E-state index in [9.17, 15) is 9.65 Å². The number of nitriles is 1. The molecule has 0 aromatic carbocycles. The summed E-state index contributed by atoms with van der Waals surface area (Å²) in [5.74, 6) is 2.45. The van der Waals surface area contributed by atoms with Crippen LogP contribution in [0.25, 0.3) is 0 Å². The number of ether oxygens (including phenoxy) is 1. The van der Waals surface area contributed by atoms with Crippen molar-refractivity contribution in [2.75, 3.05) is 6.61 Å². The lowest BCUT2D eigenvalue weighted by molar-refractivity contribution is -0.0998. The largest absolute Gasteiger partial charge is 0.367 e. The summed E-state index contributed by atoms with van der Waals surface area (Å²) in [4.78, 5) is 4.87. The molecule has 1 aromatic rings. The lowest BCUT2D eigenvalue weighted by Crippen LogP contribution is -2.42. The van der Waals surface area contributed by atoms with Crippen LogP contribution in [0.5, 0.6) is 0 Å². The minimum Gasteiger partial charge on any atom is -0.367 e. The molecule has 4 nitrogen and oxygen atoms in total. The molecule has 0 aliphatic heterocycles. The molecule has 0 spiro atoms. The molecule has 5 rings (SSSR count). The molecule has 0 radical (unpaired) electrons. The van der Waals surface area contributed by atoms with E-state index >= 15 is 0 Å². The lowest BCUT2D eigenvalue weighted by Gasteiger charge is -2.44. The highest BCUT2D eigenvalue weighted by atomic mass is 19.1. The van der Waals surface area contributed by atoms with Crippen LogP contribution >= 0.6 is 0 Å². The van der Waals surface area contributed by atoms with E-state index in [4.69, 9.17) is 9.72 Å². The van der Waals surface area contributed by atoms with Crippen LogP contribution in [0.15, 0.2) is 29.7 Å². The molecule has 5 heteroatoms. The second kappa shape index (κ2) is 7.64. The van der Waals surface area contributed by atoms with Gasteiger partial charge in [0, 0.05) is 24.9 Å². The molecule has 0 amide bonds. The zero-order valence-corrected chi connectivity index (χ0v) is 18.0. The standard InChI is InChI=1S/C25H32FN3O/c1-18-14-28-23(29(18)15-19-2-3-19)25(30-16-20-4-5-20)12-10-24(17-27,11-13-25)21-6-8-22(26)9-7-21/h6,8,14,19-20H,2-5,7,9-13,15-16H2,1H3. The summed E-state index contributed by atoms with van der Waals surface area (Å²) in [5, 5.41) is 10.1. The van der Waals surface area contributed by atoms with Crippen molar-refractivity contribution >= 4 is 0 Å². The molecule has 1 heterocycles. The third kappa shape index (κ3) is 3.75. The van der Waals surface area contributed by atoms with E-state index < -0.39 is 11.0 Å². The van der Waals surface area contributed by atoms with Crippen molar-refractivity contribution in [3.63, 3.8) is 0 Å². The Kier molecular flexibility index (Phi) is 5.09. The molecule has 1 aromatic heterocycles. The molecular weight excluding hydrogens is 377 g/mol. The molecule has 4 aliphatic rings. The Labute approximate surface area is 178 Å². The van der Waals surface area contributed by atoms with Crippen molar-refractivity contribution in [1.29, 1.82) is 5.26 Å². The number of halogens is 1. The molecule has 4 aliphatic carbocycles. The van der Waals surface area contributed by atoms with E-state index in [2.05, 4.69) is 17.6 Å². The summed E-state index contributed by atoms with van der Waals surface area (Å²) in [5.41, 5.74) is 1.41. The number of allylic oxidation sites excluding steroid dienone is 4. The van der Waals surface area contributed by atoms with E-state index in [0.29, 0.717) is 18.8 Å². The topological polar surface area (TPSA) is 50.8 Å². The summed E-state index contributed by atoms with van der Waals surface area (Å²) in [6.07, 6.45) is 14.7. The summed E-state index contributed by atoms with van der Waals surface area (Å²) >= 11 is 0. The van der Waals surface area contributed by atoms with Gasteiger partial charge in [0.25, 0.3) is 0 Å². The number of nitrogens with zero attached hydrogens (tertiary/aromatic N) is 3. The molecule has 0 atom stereocenters. The summed E-state index contributed by atoms with van der Waals surface area (Å²) in [7, 11) is 0. The molecule has 0 bridgehead atoms. The van der Waals surface area contributed by atoms with E-state index in [1.54, 1.807) is 6.08 Å². The predicted molar refractivity (Wildman–Crippen MR) is 113 cm³/mol. The second-order valence-electron chi connectivity index (χ2n) is 10.0. The van der Waals surface area contributed by atoms with E-state index in [0.717, 1.165) is 56.2 Å². The van der Waals surface area contributed by atoms with Crippen molar-refractivity contribution in [2.45, 2.75) is 83.3 Å². The maximum atomic E-state index is 13.5. The SMILES string of the molecule is Cc1cnc(C2(OCC3CC3)CCC(C#N)(C3=CC=C(F)CC3)CC2)n1CC1CC1. The third-order valence-electron chi connectivity index (χ3n) is 7.73. The van der Waals surface area contributed by atoms with Gasteiger partial charge in [-0.15, -0.1) is 0 Å². The van der Waals surface area contributed by atoms with Gasteiger partial charge in [-0.1, -0.05) is 6.08 Å². The summed E-state index contributed by atoms with van der Waals surface area (Å²) in [6.45, 7) is 3.98. The highest BCUT2D eigenvalue weighted by Crippen LogP contribution is 2.53.